The predicted molar refractivity (Wildman–Crippen MR) is 96.2 cm³/mol. The van der Waals surface area contributed by atoms with Gasteiger partial charge in [0.05, 0.1) is 27.5 Å². The number of ether oxygens (including phenoxy) is 3. The molecule has 8 nitrogen and oxygen atoms in total. The summed E-state index contributed by atoms with van der Waals surface area (Å²) < 4.78 is 15.9. The highest BCUT2D eigenvalue weighted by Gasteiger charge is 2.10. The predicted octanol–water partition coefficient (Wildman–Crippen LogP) is 2.19. The molecule has 0 bridgehead atoms. The summed E-state index contributed by atoms with van der Waals surface area (Å²) in [5, 5.41) is 4.11. The number of hydrogen-bond acceptors (Lipinski definition) is 7. The molecular weight excluding hydrogens is 324 g/mol. The zero-order valence-electron chi connectivity index (χ0n) is 14.8. The molecule has 0 aliphatic heterocycles. The summed E-state index contributed by atoms with van der Waals surface area (Å²) in [7, 11) is 4.66. The number of rotatable bonds is 8. The Hall–Kier alpha value is -3.03. The molecule has 0 saturated heterocycles. The Morgan fingerprint density at radius 1 is 1.12 bits per heavy atom. The van der Waals surface area contributed by atoms with Crippen molar-refractivity contribution in [1.29, 1.82) is 0 Å². The average Bonchev–Trinajstić information content (AvgIpc) is 2.61. The molecule has 0 aliphatic rings. The Labute approximate surface area is 145 Å². The topological polar surface area (TPSA) is 97.8 Å². The number of hydrogen-bond donors (Lipinski definition) is 2. The normalized spacial score (nSPS) is 10.7. The molecule has 2 rings (SSSR count). The second-order valence-electron chi connectivity index (χ2n) is 5.15. The van der Waals surface area contributed by atoms with Gasteiger partial charge in [0.1, 0.15) is 5.75 Å². The van der Waals surface area contributed by atoms with Crippen molar-refractivity contribution in [3.05, 3.63) is 39.8 Å². The fraction of sp³-hybridized carbons (Fsp3) is 0.353. The van der Waals surface area contributed by atoms with Crippen LogP contribution in [-0.2, 0) is 6.42 Å². The van der Waals surface area contributed by atoms with E-state index < -0.39 is 0 Å². The first-order chi connectivity index (χ1) is 12.1. The number of aromatic nitrogens is 2. The third kappa shape index (κ3) is 4.72. The van der Waals surface area contributed by atoms with Crippen LogP contribution in [0.25, 0.3) is 0 Å². The number of benzene rings is 1. The summed E-state index contributed by atoms with van der Waals surface area (Å²) in [4.78, 5) is 18.5. The van der Waals surface area contributed by atoms with Gasteiger partial charge < -0.3 is 14.2 Å². The molecule has 0 saturated carbocycles. The molecule has 2 N–H and O–H groups in total. The molecule has 0 atom stereocenters. The number of nitrogens with zero attached hydrogens (tertiary/aromatic N) is 2. The summed E-state index contributed by atoms with van der Waals surface area (Å²) in [6.45, 7) is 2.03. The summed E-state index contributed by atoms with van der Waals surface area (Å²) in [6.07, 6.45) is 3.18. The first-order valence-corrected chi connectivity index (χ1v) is 7.80. The molecule has 1 aromatic heterocycles. The van der Waals surface area contributed by atoms with E-state index in [1.807, 2.05) is 6.92 Å². The maximum Gasteiger partial charge on any atom is 0.252 e. The minimum absolute atomic E-state index is 0.222. The van der Waals surface area contributed by atoms with E-state index in [4.69, 9.17) is 14.2 Å². The number of methoxy groups -OCH3 is 3. The first-order valence-electron chi connectivity index (χ1n) is 7.80. The van der Waals surface area contributed by atoms with Crippen LogP contribution in [0.15, 0.2) is 28.1 Å². The van der Waals surface area contributed by atoms with E-state index in [1.165, 1.54) is 6.07 Å². The van der Waals surface area contributed by atoms with E-state index in [0.29, 0.717) is 28.5 Å². The zero-order valence-corrected chi connectivity index (χ0v) is 14.8. The smallest absolute Gasteiger partial charge is 0.252 e. The van der Waals surface area contributed by atoms with Crippen molar-refractivity contribution in [2.24, 2.45) is 5.10 Å². The highest BCUT2D eigenvalue weighted by molar-refractivity contribution is 5.85. The molecule has 1 aromatic carbocycles. The molecule has 0 fully saturated rings. The maximum atomic E-state index is 11.6. The summed E-state index contributed by atoms with van der Waals surface area (Å²) >= 11 is 0. The van der Waals surface area contributed by atoms with Gasteiger partial charge in [-0.3, -0.25) is 9.78 Å². The monoisotopic (exact) mass is 346 g/mol. The van der Waals surface area contributed by atoms with Crippen LogP contribution >= 0.6 is 0 Å². The second kappa shape index (κ2) is 8.72. The van der Waals surface area contributed by atoms with Crippen LogP contribution in [-0.4, -0.2) is 37.5 Å². The van der Waals surface area contributed by atoms with E-state index in [9.17, 15) is 4.79 Å². The maximum absolute atomic E-state index is 11.6. The van der Waals surface area contributed by atoms with Gasteiger partial charge in [-0.1, -0.05) is 13.3 Å². The Kier molecular flexibility index (Phi) is 6.39. The molecule has 0 spiro atoms. The van der Waals surface area contributed by atoms with E-state index in [0.717, 1.165) is 12.8 Å². The highest BCUT2D eigenvalue weighted by atomic mass is 16.5. The van der Waals surface area contributed by atoms with Crippen molar-refractivity contribution in [2.75, 3.05) is 26.8 Å². The first kappa shape index (κ1) is 18.3. The van der Waals surface area contributed by atoms with Gasteiger partial charge in [-0.15, -0.1) is 0 Å². The van der Waals surface area contributed by atoms with Crippen molar-refractivity contribution < 1.29 is 14.2 Å². The average molecular weight is 346 g/mol. The third-order valence-electron chi connectivity index (χ3n) is 3.41. The Balaban J connectivity index is 2.23. The van der Waals surface area contributed by atoms with Crippen LogP contribution in [0, 0.1) is 0 Å². The van der Waals surface area contributed by atoms with E-state index in [-0.39, 0.29) is 11.5 Å². The Morgan fingerprint density at radius 3 is 2.44 bits per heavy atom. The lowest BCUT2D eigenvalue weighted by Crippen LogP contribution is -2.12. The van der Waals surface area contributed by atoms with Gasteiger partial charge in [-0.05, 0) is 12.5 Å². The molecule has 2 aromatic rings. The fourth-order valence-electron chi connectivity index (χ4n) is 2.26. The van der Waals surface area contributed by atoms with Crippen LogP contribution in [0.1, 0.15) is 24.6 Å². The largest absolute Gasteiger partial charge is 0.496 e. The highest BCUT2D eigenvalue weighted by Crippen LogP contribution is 2.33. The number of aromatic amines is 1. The number of aryl methyl sites for hydroxylation is 1. The molecule has 0 amide bonds. The minimum atomic E-state index is -0.222. The molecule has 0 aliphatic carbocycles. The Bertz CT molecular complexity index is 802. The van der Waals surface area contributed by atoms with Gasteiger partial charge in [-0.25, -0.2) is 10.4 Å². The minimum Gasteiger partial charge on any atom is -0.496 e. The Morgan fingerprint density at radius 2 is 1.80 bits per heavy atom. The molecule has 0 radical (unpaired) electrons. The quantitative estimate of drug-likeness (QED) is 0.562. The van der Waals surface area contributed by atoms with Crippen molar-refractivity contribution in [2.45, 2.75) is 19.8 Å². The molecule has 8 heteroatoms. The lowest BCUT2D eigenvalue weighted by molar-refractivity contribution is 0.349. The molecule has 25 heavy (non-hydrogen) atoms. The van der Waals surface area contributed by atoms with Gasteiger partial charge in [-0.2, -0.15) is 5.10 Å². The number of H-pyrrole nitrogens is 1. The van der Waals surface area contributed by atoms with Crippen LogP contribution < -0.4 is 25.2 Å². The van der Waals surface area contributed by atoms with Gasteiger partial charge in [0, 0.05) is 23.4 Å². The van der Waals surface area contributed by atoms with E-state index >= 15 is 0 Å². The summed E-state index contributed by atoms with van der Waals surface area (Å²) in [6, 6.07) is 4.93. The van der Waals surface area contributed by atoms with Gasteiger partial charge >= 0.3 is 0 Å². The molecule has 0 unspecified atom stereocenters. The molecule has 1 heterocycles. The lowest BCUT2D eigenvalue weighted by Gasteiger charge is -2.11. The second-order valence-corrected chi connectivity index (χ2v) is 5.15. The van der Waals surface area contributed by atoms with Crippen molar-refractivity contribution in [1.82, 2.24) is 9.97 Å². The lowest BCUT2D eigenvalue weighted by atomic mass is 10.2. The van der Waals surface area contributed by atoms with Gasteiger partial charge in [0.2, 0.25) is 5.95 Å². The third-order valence-corrected chi connectivity index (χ3v) is 3.41. The number of hydrazone groups is 1. The van der Waals surface area contributed by atoms with Crippen LogP contribution in [0.4, 0.5) is 5.95 Å². The SMILES string of the molecule is CCCc1cc(=O)[nH]c(N/N=C/c2cc(OC)c(OC)cc2OC)n1. The number of anilines is 1. The van der Waals surface area contributed by atoms with E-state index in [2.05, 4.69) is 20.5 Å². The number of nitrogens with one attached hydrogen (secondary N) is 2. The van der Waals surface area contributed by atoms with Crippen molar-refractivity contribution in [3.8, 4) is 17.2 Å². The zero-order chi connectivity index (χ0) is 18.2. The van der Waals surface area contributed by atoms with E-state index in [1.54, 1.807) is 39.7 Å². The summed E-state index contributed by atoms with van der Waals surface area (Å²) in [5.41, 5.74) is 3.90. The van der Waals surface area contributed by atoms with Crippen LogP contribution in [0.2, 0.25) is 0 Å². The summed E-state index contributed by atoms with van der Waals surface area (Å²) in [5.74, 6) is 1.97. The van der Waals surface area contributed by atoms with Crippen molar-refractivity contribution >= 4 is 12.2 Å². The standard InChI is InChI=1S/C17H22N4O4/c1-5-6-12-8-16(22)20-17(19-12)21-18-10-11-7-14(24-3)15(25-4)9-13(11)23-2/h7-10H,5-6H2,1-4H3,(H2,19,20,21,22)/b18-10+. The van der Waals surface area contributed by atoms with Gasteiger partial charge in [0.25, 0.3) is 5.56 Å². The van der Waals surface area contributed by atoms with Crippen LogP contribution in [0.5, 0.6) is 17.2 Å². The molecular formula is C17H22N4O4. The fourth-order valence-corrected chi connectivity index (χ4v) is 2.26. The van der Waals surface area contributed by atoms with Crippen molar-refractivity contribution in [3.63, 3.8) is 0 Å². The van der Waals surface area contributed by atoms with Gasteiger partial charge in [0.15, 0.2) is 11.5 Å². The molecule has 134 valence electrons. The van der Waals surface area contributed by atoms with Crippen LogP contribution in [0.3, 0.4) is 0 Å².